The van der Waals surface area contributed by atoms with Crippen LogP contribution in [0.5, 0.6) is 0 Å². The van der Waals surface area contributed by atoms with Crippen LogP contribution >= 0.6 is 11.3 Å². The molecule has 0 saturated carbocycles. The van der Waals surface area contributed by atoms with Gasteiger partial charge in [-0.3, -0.25) is 14.6 Å². The number of ether oxygens (including phenoxy) is 1. The summed E-state index contributed by atoms with van der Waals surface area (Å²) in [6.07, 6.45) is 0.690. The van der Waals surface area contributed by atoms with E-state index in [0.29, 0.717) is 62.9 Å². The maximum absolute atomic E-state index is 12.5. The lowest BCUT2D eigenvalue weighted by Gasteiger charge is -2.27. The largest absolute Gasteiger partial charge is 0.378 e. The molecule has 0 unspecified atom stereocenters. The number of carbonyl (C=O) groups excluding carboxylic acids is 1. The second kappa shape index (κ2) is 8.46. The Hall–Kier alpha value is -2.19. The van der Waals surface area contributed by atoms with Gasteiger partial charge in [-0.15, -0.1) is 11.3 Å². The first kappa shape index (κ1) is 18.6. The van der Waals surface area contributed by atoms with Gasteiger partial charge >= 0.3 is 0 Å². The Morgan fingerprint density at radius 2 is 2.19 bits per heavy atom. The summed E-state index contributed by atoms with van der Waals surface area (Å²) in [5.41, 5.74) is 1.11. The molecule has 7 nitrogen and oxygen atoms in total. The summed E-state index contributed by atoms with van der Waals surface area (Å²) in [5.74, 6) is 0.607. The quantitative estimate of drug-likeness (QED) is 0.828. The Bertz CT molecular complexity index is 797. The molecule has 2 aromatic heterocycles. The Labute approximate surface area is 156 Å². The number of aryl methyl sites for hydroxylation is 1. The Morgan fingerprint density at radius 1 is 1.42 bits per heavy atom. The normalized spacial score (nSPS) is 14.5. The number of morpholine rings is 1. The third-order valence-electron chi connectivity index (χ3n) is 4.51. The van der Waals surface area contributed by atoms with Crippen LogP contribution < -0.4 is 10.5 Å². The summed E-state index contributed by atoms with van der Waals surface area (Å²) < 4.78 is 5.33. The molecule has 1 saturated heterocycles. The fourth-order valence-corrected chi connectivity index (χ4v) is 3.72. The van der Waals surface area contributed by atoms with Gasteiger partial charge in [0.15, 0.2) is 0 Å². The van der Waals surface area contributed by atoms with Gasteiger partial charge in [-0.1, -0.05) is 6.07 Å². The smallest absolute Gasteiger partial charge is 0.255 e. The van der Waals surface area contributed by atoms with E-state index in [1.165, 1.54) is 0 Å². The van der Waals surface area contributed by atoms with Crippen LogP contribution in [0.4, 0.5) is 5.95 Å². The minimum atomic E-state index is -0.160. The van der Waals surface area contributed by atoms with Crippen LogP contribution in [-0.2, 0) is 22.5 Å². The van der Waals surface area contributed by atoms with Crippen LogP contribution in [-0.4, -0.2) is 54.1 Å². The minimum absolute atomic E-state index is 0.0226. The number of hydrogen-bond acceptors (Lipinski definition) is 6. The molecule has 140 valence electrons. The topological polar surface area (TPSA) is 78.5 Å². The van der Waals surface area contributed by atoms with E-state index in [-0.39, 0.29) is 11.5 Å². The molecular formula is C18H24N4O3S. The van der Waals surface area contributed by atoms with E-state index in [1.807, 2.05) is 29.3 Å². The van der Waals surface area contributed by atoms with E-state index < -0.39 is 0 Å². The van der Waals surface area contributed by atoms with Gasteiger partial charge in [0.25, 0.3) is 5.56 Å². The van der Waals surface area contributed by atoms with E-state index in [1.54, 1.807) is 23.3 Å². The van der Waals surface area contributed by atoms with Gasteiger partial charge in [-0.2, -0.15) is 0 Å². The highest BCUT2D eigenvalue weighted by molar-refractivity contribution is 7.09. The Morgan fingerprint density at radius 3 is 2.85 bits per heavy atom. The summed E-state index contributed by atoms with van der Waals surface area (Å²) in [7, 11) is 1.79. The lowest BCUT2D eigenvalue weighted by Crippen LogP contribution is -2.38. The molecule has 0 aliphatic carbocycles. The van der Waals surface area contributed by atoms with Crippen molar-refractivity contribution in [1.82, 2.24) is 14.9 Å². The number of nitrogens with one attached hydrogen (secondary N) is 1. The lowest BCUT2D eigenvalue weighted by molar-refractivity contribution is -0.130. The van der Waals surface area contributed by atoms with Crippen LogP contribution in [0, 0.1) is 6.92 Å². The van der Waals surface area contributed by atoms with Crippen LogP contribution in [0.2, 0.25) is 0 Å². The summed E-state index contributed by atoms with van der Waals surface area (Å²) in [4.78, 5) is 37.1. The zero-order valence-corrected chi connectivity index (χ0v) is 16.0. The first-order chi connectivity index (χ1) is 12.5. The maximum atomic E-state index is 12.5. The molecule has 3 heterocycles. The molecule has 0 spiro atoms. The van der Waals surface area contributed by atoms with Crippen molar-refractivity contribution in [1.29, 1.82) is 0 Å². The van der Waals surface area contributed by atoms with E-state index in [0.717, 1.165) is 4.88 Å². The molecule has 0 aromatic carbocycles. The van der Waals surface area contributed by atoms with Crippen molar-refractivity contribution >= 4 is 23.2 Å². The number of amides is 1. The fourth-order valence-electron chi connectivity index (χ4n) is 2.96. The molecule has 8 heteroatoms. The molecule has 0 bridgehead atoms. The van der Waals surface area contributed by atoms with Gasteiger partial charge in [-0.05, 0) is 24.8 Å². The fraction of sp³-hybridized carbons (Fsp3) is 0.500. The van der Waals surface area contributed by atoms with Crippen molar-refractivity contribution in [3.63, 3.8) is 0 Å². The molecule has 0 atom stereocenters. The van der Waals surface area contributed by atoms with Gasteiger partial charge in [0.2, 0.25) is 11.9 Å². The zero-order chi connectivity index (χ0) is 18.5. The number of carbonyl (C=O) groups is 1. The number of thiophene rings is 1. The van der Waals surface area contributed by atoms with Crippen molar-refractivity contribution in [2.45, 2.75) is 26.3 Å². The maximum Gasteiger partial charge on any atom is 0.255 e. The standard InChI is InChI=1S/C18H24N4O3S/c1-13-15(5-6-16(23)21(2)12-14-4-3-11-26-14)17(24)20-18(19-13)22-7-9-25-10-8-22/h3-4,11H,5-10,12H2,1-2H3,(H,19,20,24). The average Bonchev–Trinajstić information content (AvgIpc) is 3.14. The molecule has 3 rings (SSSR count). The second-order valence-electron chi connectivity index (χ2n) is 6.38. The lowest BCUT2D eigenvalue weighted by atomic mass is 10.1. The van der Waals surface area contributed by atoms with E-state index in [2.05, 4.69) is 9.97 Å². The highest BCUT2D eigenvalue weighted by Gasteiger charge is 2.17. The number of anilines is 1. The van der Waals surface area contributed by atoms with E-state index in [4.69, 9.17) is 4.74 Å². The third kappa shape index (κ3) is 4.50. The predicted octanol–water partition coefficient (Wildman–Crippen LogP) is 1.57. The highest BCUT2D eigenvalue weighted by Crippen LogP contribution is 2.14. The molecule has 1 N–H and O–H groups in total. The summed E-state index contributed by atoms with van der Waals surface area (Å²) >= 11 is 1.63. The second-order valence-corrected chi connectivity index (χ2v) is 7.41. The molecule has 0 radical (unpaired) electrons. The van der Waals surface area contributed by atoms with Gasteiger partial charge in [0, 0.05) is 42.7 Å². The molecule has 26 heavy (non-hydrogen) atoms. The van der Waals surface area contributed by atoms with Crippen molar-refractivity contribution < 1.29 is 9.53 Å². The first-order valence-electron chi connectivity index (χ1n) is 8.73. The van der Waals surface area contributed by atoms with Gasteiger partial charge in [0.1, 0.15) is 0 Å². The number of hydrogen-bond donors (Lipinski definition) is 1. The Balaban J connectivity index is 1.62. The van der Waals surface area contributed by atoms with Crippen LogP contribution in [0.1, 0.15) is 22.6 Å². The molecular weight excluding hydrogens is 352 g/mol. The van der Waals surface area contributed by atoms with Crippen molar-refractivity contribution in [3.05, 3.63) is 44.0 Å². The van der Waals surface area contributed by atoms with Crippen LogP contribution in [0.3, 0.4) is 0 Å². The Kier molecular flexibility index (Phi) is 6.05. The molecule has 1 aliphatic rings. The first-order valence-corrected chi connectivity index (χ1v) is 9.61. The van der Waals surface area contributed by atoms with Crippen molar-refractivity contribution in [2.24, 2.45) is 0 Å². The number of H-pyrrole nitrogens is 1. The van der Waals surface area contributed by atoms with Gasteiger partial charge in [0.05, 0.1) is 19.8 Å². The van der Waals surface area contributed by atoms with E-state index in [9.17, 15) is 9.59 Å². The van der Waals surface area contributed by atoms with Crippen molar-refractivity contribution in [2.75, 3.05) is 38.3 Å². The summed E-state index contributed by atoms with van der Waals surface area (Å²) in [6, 6.07) is 3.99. The molecule has 1 fully saturated rings. The summed E-state index contributed by atoms with van der Waals surface area (Å²) in [6.45, 7) is 5.13. The minimum Gasteiger partial charge on any atom is -0.378 e. The SMILES string of the molecule is Cc1nc(N2CCOCC2)[nH]c(=O)c1CCC(=O)N(C)Cc1cccs1. The highest BCUT2D eigenvalue weighted by atomic mass is 32.1. The zero-order valence-electron chi connectivity index (χ0n) is 15.2. The average molecular weight is 376 g/mol. The van der Waals surface area contributed by atoms with Crippen molar-refractivity contribution in [3.8, 4) is 0 Å². The number of aromatic nitrogens is 2. The number of rotatable bonds is 6. The molecule has 2 aromatic rings. The molecule has 1 amide bonds. The van der Waals surface area contributed by atoms with Crippen LogP contribution in [0.25, 0.3) is 0 Å². The number of nitrogens with zero attached hydrogens (tertiary/aromatic N) is 3. The number of aromatic amines is 1. The van der Waals surface area contributed by atoms with Gasteiger partial charge in [-0.25, -0.2) is 4.98 Å². The molecule has 1 aliphatic heterocycles. The third-order valence-corrected chi connectivity index (χ3v) is 5.37. The van der Waals surface area contributed by atoms with E-state index >= 15 is 0 Å². The summed E-state index contributed by atoms with van der Waals surface area (Å²) in [5, 5.41) is 2.00. The monoisotopic (exact) mass is 376 g/mol. The predicted molar refractivity (Wildman–Crippen MR) is 102 cm³/mol. The van der Waals surface area contributed by atoms with Gasteiger partial charge < -0.3 is 14.5 Å². The van der Waals surface area contributed by atoms with Crippen LogP contribution in [0.15, 0.2) is 22.3 Å².